The van der Waals surface area contributed by atoms with Crippen LogP contribution in [-0.2, 0) is 10.0 Å². The van der Waals surface area contributed by atoms with E-state index in [4.69, 9.17) is 11.6 Å². The molecule has 5 nitrogen and oxygen atoms in total. The molecule has 0 spiro atoms. The Balaban J connectivity index is 1.72. The zero-order valence-electron chi connectivity index (χ0n) is 15.3. The molecular formula is C20H22ClFN2O3S. The first-order valence-corrected chi connectivity index (χ1v) is 11.2. The van der Waals surface area contributed by atoms with E-state index in [1.165, 1.54) is 12.1 Å². The monoisotopic (exact) mass is 424 g/mol. The number of sulfonamides is 1. The minimum Gasteiger partial charge on any atom is -0.274 e. The number of rotatable bonds is 6. The molecule has 0 aliphatic heterocycles. The molecule has 0 aromatic heterocycles. The first kappa shape index (κ1) is 20.8. The summed E-state index contributed by atoms with van der Waals surface area (Å²) in [6, 6.07) is 11.8. The highest BCUT2D eigenvalue weighted by molar-refractivity contribution is 7.89. The molecule has 0 bridgehead atoms. The first-order chi connectivity index (χ1) is 13.4. The molecule has 150 valence electrons. The SMILES string of the molecule is O=C(NNS(=O)(=O)CC1CCCCC1)c1cc(-c2ccccc2)cc(Cl)c1F. The second-order valence-corrected chi connectivity index (χ2v) is 9.20. The topological polar surface area (TPSA) is 75.3 Å². The van der Waals surface area contributed by atoms with Gasteiger partial charge in [0.05, 0.1) is 16.3 Å². The minimum atomic E-state index is -3.71. The largest absolute Gasteiger partial charge is 0.274 e. The molecule has 0 atom stereocenters. The normalized spacial score (nSPS) is 15.4. The number of hydrazine groups is 1. The lowest BCUT2D eigenvalue weighted by Crippen LogP contribution is -2.44. The van der Waals surface area contributed by atoms with Crippen molar-refractivity contribution in [3.63, 3.8) is 0 Å². The minimum absolute atomic E-state index is 0.0550. The summed E-state index contributed by atoms with van der Waals surface area (Å²) in [6.07, 6.45) is 4.87. The zero-order valence-corrected chi connectivity index (χ0v) is 16.8. The smallest absolute Gasteiger partial charge is 0.269 e. The van der Waals surface area contributed by atoms with Crippen LogP contribution in [-0.4, -0.2) is 20.1 Å². The third kappa shape index (κ3) is 5.31. The second kappa shape index (κ2) is 9.03. The Hall–Kier alpha value is -1.96. The maximum atomic E-state index is 14.4. The zero-order chi connectivity index (χ0) is 20.1. The number of carbonyl (C=O) groups is 1. The third-order valence-electron chi connectivity index (χ3n) is 4.88. The van der Waals surface area contributed by atoms with Crippen molar-refractivity contribution < 1.29 is 17.6 Å². The number of hydrogen-bond acceptors (Lipinski definition) is 3. The molecule has 28 heavy (non-hydrogen) atoms. The van der Waals surface area contributed by atoms with E-state index in [0.717, 1.165) is 37.7 Å². The average Bonchev–Trinajstić information content (AvgIpc) is 2.69. The van der Waals surface area contributed by atoms with Crippen LogP contribution in [0.15, 0.2) is 42.5 Å². The Labute approximate surface area is 169 Å². The number of halogens is 2. The maximum Gasteiger partial charge on any atom is 0.269 e. The van der Waals surface area contributed by atoms with Crippen LogP contribution in [0.3, 0.4) is 0 Å². The fraction of sp³-hybridized carbons (Fsp3) is 0.350. The molecule has 8 heteroatoms. The predicted molar refractivity (Wildman–Crippen MR) is 108 cm³/mol. The van der Waals surface area contributed by atoms with Gasteiger partial charge in [-0.2, -0.15) is 0 Å². The van der Waals surface area contributed by atoms with Gasteiger partial charge in [-0.05, 0) is 42.0 Å². The summed E-state index contributed by atoms with van der Waals surface area (Å²) in [4.78, 5) is 14.5. The molecule has 2 aromatic rings. The summed E-state index contributed by atoms with van der Waals surface area (Å²) >= 11 is 5.94. The molecule has 2 N–H and O–H groups in total. The van der Waals surface area contributed by atoms with Crippen LogP contribution < -0.4 is 10.3 Å². The Morgan fingerprint density at radius 3 is 2.43 bits per heavy atom. The van der Waals surface area contributed by atoms with Crippen molar-refractivity contribution in [1.29, 1.82) is 0 Å². The van der Waals surface area contributed by atoms with E-state index in [9.17, 15) is 17.6 Å². The molecule has 0 heterocycles. The van der Waals surface area contributed by atoms with E-state index < -0.39 is 21.7 Å². The highest BCUT2D eigenvalue weighted by atomic mass is 35.5. The van der Waals surface area contributed by atoms with Gasteiger partial charge in [0.25, 0.3) is 5.91 Å². The summed E-state index contributed by atoms with van der Waals surface area (Å²) in [5.74, 6) is -1.77. The van der Waals surface area contributed by atoms with Gasteiger partial charge in [0, 0.05) is 0 Å². The Morgan fingerprint density at radius 2 is 1.75 bits per heavy atom. The van der Waals surface area contributed by atoms with Crippen molar-refractivity contribution in [2.75, 3.05) is 5.75 Å². The van der Waals surface area contributed by atoms with Crippen molar-refractivity contribution in [2.24, 2.45) is 5.92 Å². The molecule has 1 aliphatic carbocycles. The van der Waals surface area contributed by atoms with Crippen molar-refractivity contribution in [3.05, 3.63) is 58.9 Å². The van der Waals surface area contributed by atoms with Gasteiger partial charge in [-0.15, -0.1) is 4.83 Å². The van der Waals surface area contributed by atoms with Gasteiger partial charge in [0.2, 0.25) is 10.0 Å². The van der Waals surface area contributed by atoms with Crippen LogP contribution in [0, 0.1) is 11.7 Å². The van der Waals surface area contributed by atoms with E-state index in [1.54, 1.807) is 12.1 Å². The Bertz CT molecular complexity index is 945. The van der Waals surface area contributed by atoms with Crippen LogP contribution in [0.1, 0.15) is 42.5 Å². The van der Waals surface area contributed by atoms with E-state index in [-0.39, 0.29) is 22.3 Å². The maximum absolute atomic E-state index is 14.4. The van der Waals surface area contributed by atoms with Crippen LogP contribution in [0.4, 0.5) is 4.39 Å². The lowest BCUT2D eigenvalue weighted by molar-refractivity contribution is 0.0941. The van der Waals surface area contributed by atoms with Crippen LogP contribution in [0.25, 0.3) is 11.1 Å². The predicted octanol–water partition coefficient (Wildman–Crippen LogP) is 4.29. The van der Waals surface area contributed by atoms with Gasteiger partial charge in [-0.3, -0.25) is 10.2 Å². The highest BCUT2D eigenvalue weighted by Crippen LogP contribution is 2.28. The van der Waals surface area contributed by atoms with Crippen molar-refractivity contribution >= 4 is 27.5 Å². The van der Waals surface area contributed by atoms with Gasteiger partial charge < -0.3 is 0 Å². The van der Waals surface area contributed by atoms with Gasteiger partial charge in [0.15, 0.2) is 5.82 Å². The Kier molecular flexibility index (Phi) is 6.69. The summed E-state index contributed by atoms with van der Waals surface area (Å²) in [5, 5.41) is -0.212. The van der Waals surface area contributed by atoms with E-state index in [2.05, 4.69) is 10.3 Å². The van der Waals surface area contributed by atoms with E-state index in [1.807, 2.05) is 18.2 Å². The summed E-state index contributed by atoms with van der Waals surface area (Å²) < 4.78 is 38.8. The third-order valence-corrected chi connectivity index (χ3v) is 6.48. The van der Waals surface area contributed by atoms with E-state index in [0.29, 0.717) is 5.56 Å². The lowest BCUT2D eigenvalue weighted by atomic mass is 9.91. The molecule has 0 radical (unpaired) electrons. The summed E-state index contributed by atoms with van der Waals surface area (Å²) in [6.45, 7) is 0. The number of hydrogen-bond donors (Lipinski definition) is 2. The van der Waals surface area contributed by atoms with Gasteiger partial charge >= 0.3 is 0 Å². The molecule has 0 unspecified atom stereocenters. The first-order valence-electron chi connectivity index (χ1n) is 9.20. The highest BCUT2D eigenvalue weighted by Gasteiger charge is 2.23. The average molecular weight is 425 g/mol. The fourth-order valence-corrected chi connectivity index (χ4v) is 4.95. The van der Waals surface area contributed by atoms with Gasteiger partial charge in [0.1, 0.15) is 0 Å². The molecule has 1 fully saturated rings. The van der Waals surface area contributed by atoms with Crippen LogP contribution >= 0.6 is 11.6 Å². The molecule has 2 aromatic carbocycles. The van der Waals surface area contributed by atoms with Crippen molar-refractivity contribution in [2.45, 2.75) is 32.1 Å². The van der Waals surface area contributed by atoms with Crippen LogP contribution in [0.5, 0.6) is 0 Å². The number of benzene rings is 2. The lowest BCUT2D eigenvalue weighted by Gasteiger charge is -2.21. The van der Waals surface area contributed by atoms with E-state index >= 15 is 0 Å². The fourth-order valence-electron chi connectivity index (χ4n) is 3.45. The summed E-state index contributed by atoms with van der Waals surface area (Å²) in [7, 11) is -3.71. The number of carbonyl (C=O) groups excluding carboxylic acids is 1. The quantitative estimate of drug-likeness (QED) is 0.679. The number of amides is 1. The van der Waals surface area contributed by atoms with Gasteiger partial charge in [-0.25, -0.2) is 12.8 Å². The molecule has 1 aliphatic rings. The summed E-state index contributed by atoms with van der Waals surface area (Å²) in [5.41, 5.74) is 3.09. The molecule has 1 amide bonds. The van der Waals surface area contributed by atoms with Gasteiger partial charge in [-0.1, -0.05) is 61.2 Å². The Morgan fingerprint density at radius 1 is 1.07 bits per heavy atom. The van der Waals surface area contributed by atoms with Crippen LogP contribution in [0.2, 0.25) is 5.02 Å². The molecular weight excluding hydrogens is 403 g/mol. The second-order valence-electron chi connectivity index (χ2n) is 7.03. The molecule has 1 saturated carbocycles. The van der Waals surface area contributed by atoms with Crippen molar-refractivity contribution in [1.82, 2.24) is 10.3 Å². The number of nitrogens with one attached hydrogen (secondary N) is 2. The standard InChI is InChI=1S/C20H22ClFN2O3S/c21-18-12-16(15-9-5-2-6-10-15)11-17(19(18)22)20(25)23-24-28(26,27)13-14-7-3-1-4-8-14/h2,5-6,9-12,14,24H,1,3-4,7-8,13H2,(H,23,25). The van der Waals surface area contributed by atoms with Crippen molar-refractivity contribution in [3.8, 4) is 11.1 Å². The molecule has 3 rings (SSSR count). The molecule has 0 saturated heterocycles.